The van der Waals surface area contributed by atoms with Crippen molar-refractivity contribution >= 4 is 12.0 Å². The third-order valence-corrected chi connectivity index (χ3v) is 6.07. The van der Waals surface area contributed by atoms with E-state index in [0.29, 0.717) is 11.3 Å². The molecule has 0 unspecified atom stereocenters. The molecule has 2 aromatic carbocycles. The number of methoxy groups -OCH3 is 1. The van der Waals surface area contributed by atoms with Crippen LogP contribution in [0.3, 0.4) is 0 Å². The molecule has 1 aliphatic rings. The Balaban J connectivity index is 1.73. The number of nitrogens with zero attached hydrogens (tertiary/aromatic N) is 3. The van der Waals surface area contributed by atoms with Gasteiger partial charge in [-0.1, -0.05) is 12.1 Å². The Hall–Kier alpha value is -3.72. The summed E-state index contributed by atoms with van der Waals surface area (Å²) < 4.78 is 41.0. The number of halogens is 2. The molecule has 4 rings (SSSR count). The number of aliphatic hydroxyl groups is 1. The minimum Gasteiger partial charge on any atom is -0.495 e. The molecule has 0 aliphatic carbocycles. The van der Waals surface area contributed by atoms with Crippen molar-refractivity contribution in [1.82, 2.24) is 14.5 Å². The Morgan fingerprint density at radius 1 is 1.19 bits per heavy atom. The summed E-state index contributed by atoms with van der Waals surface area (Å²) in [5.41, 5.74) is 0.940. The van der Waals surface area contributed by atoms with E-state index in [1.165, 1.54) is 17.9 Å². The highest BCUT2D eigenvalue weighted by Crippen LogP contribution is 2.35. The second kappa shape index (κ2) is 9.73. The molecule has 2 heterocycles. The normalized spacial score (nSPS) is 18.2. The summed E-state index contributed by atoms with van der Waals surface area (Å²) in [6.07, 6.45) is 4.08. The van der Waals surface area contributed by atoms with Crippen molar-refractivity contribution < 1.29 is 28.2 Å². The topological polar surface area (TPSA) is 76.8 Å². The number of hydrogen-bond donors (Lipinski definition) is 1. The molecule has 0 bridgehead atoms. The Labute approximate surface area is 208 Å². The number of benzene rings is 2. The number of carbonyl (C=O) groups is 1. The van der Waals surface area contributed by atoms with Crippen molar-refractivity contribution in [2.75, 3.05) is 13.7 Å². The standard InChI is InChI=1S/C27H29F2N3O4/c1-16(33)25(19-7-8-20(28)21(29)14-19)32-15-27(3,4)36-24(26(32)34)13-18-6-9-22(23(12-18)35-5)31-11-10-30-17(31)2/h6-14,16,25,33H,15H2,1-5H3/t16-,25+/m1/s1. The first kappa shape index (κ1) is 25.4. The Morgan fingerprint density at radius 3 is 2.56 bits per heavy atom. The first-order valence-electron chi connectivity index (χ1n) is 11.5. The Bertz CT molecular complexity index is 1320. The van der Waals surface area contributed by atoms with Crippen LogP contribution in [-0.2, 0) is 9.53 Å². The summed E-state index contributed by atoms with van der Waals surface area (Å²) in [5.74, 6) is -1.08. The maximum Gasteiger partial charge on any atom is 0.289 e. The second-order valence-corrected chi connectivity index (χ2v) is 9.44. The number of morpholine rings is 1. The van der Waals surface area contributed by atoms with Crippen LogP contribution in [0.4, 0.5) is 8.78 Å². The second-order valence-electron chi connectivity index (χ2n) is 9.44. The van der Waals surface area contributed by atoms with Crippen molar-refractivity contribution in [3.05, 3.63) is 83.1 Å². The molecule has 190 valence electrons. The van der Waals surface area contributed by atoms with Crippen LogP contribution in [0.15, 0.2) is 54.6 Å². The lowest BCUT2D eigenvalue weighted by molar-refractivity contribution is -0.153. The largest absolute Gasteiger partial charge is 0.495 e. The van der Waals surface area contributed by atoms with Gasteiger partial charge in [-0.15, -0.1) is 0 Å². The molecular weight excluding hydrogens is 468 g/mol. The molecule has 0 radical (unpaired) electrons. The fourth-order valence-corrected chi connectivity index (χ4v) is 4.50. The fourth-order valence-electron chi connectivity index (χ4n) is 4.50. The van der Waals surface area contributed by atoms with Crippen LogP contribution in [0, 0.1) is 18.6 Å². The van der Waals surface area contributed by atoms with E-state index in [1.807, 2.05) is 43.7 Å². The number of imidazole rings is 1. The van der Waals surface area contributed by atoms with Gasteiger partial charge in [-0.05, 0) is 69.2 Å². The lowest BCUT2D eigenvalue weighted by atomic mass is 9.96. The Morgan fingerprint density at radius 2 is 1.94 bits per heavy atom. The molecule has 1 aromatic heterocycles. The molecule has 7 nitrogen and oxygen atoms in total. The SMILES string of the molecule is COc1cc(C=C2OC(C)(C)CN([C@H](c3ccc(F)c(F)c3)[C@@H](C)O)C2=O)ccc1-n1ccnc1C. The lowest BCUT2D eigenvalue weighted by Crippen LogP contribution is -2.53. The highest BCUT2D eigenvalue weighted by molar-refractivity contribution is 5.97. The number of carbonyl (C=O) groups excluding carboxylic acids is 1. The van der Waals surface area contributed by atoms with Gasteiger partial charge < -0.3 is 24.0 Å². The zero-order valence-electron chi connectivity index (χ0n) is 20.8. The molecule has 0 saturated carbocycles. The minimum absolute atomic E-state index is 0.0631. The van der Waals surface area contributed by atoms with Crippen molar-refractivity contribution in [2.24, 2.45) is 0 Å². The van der Waals surface area contributed by atoms with E-state index >= 15 is 0 Å². The highest BCUT2D eigenvalue weighted by Gasteiger charge is 2.42. The van der Waals surface area contributed by atoms with E-state index in [9.17, 15) is 18.7 Å². The first-order valence-corrected chi connectivity index (χ1v) is 11.5. The molecule has 1 saturated heterocycles. The molecule has 36 heavy (non-hydrogen) atoms. The summed E-state index contributed by atoms with van der Waals surface area (Å²) in [6.45, 7) is 7.16. The molecule has 3 aromatic rings. The summed E-state index contributed by atoms with van der Waals surface area (Å²) in [4.78, 5) is 19.2. The summed E-state index contributed by atoms with van der Waals surface area (Å²) >= 11 is 0. The average molecular weight is 498 g/mol. The molecule has 1 N–H and O–H groups in total. The van der Waals surface area contributed by atoms with E-state index in [4.69, 9.17) is 9.47 Å². The van der Waals surface area contributed by atoms with Crippen LogP contribution in [0.25, 0.3) is 11.8 Å². The maximum atomic E-state index is 14.0. The van der Waals surface area contributed by atoms with Gasteiger partial charge in [0.2, 0.25) is 0 Å². The predicted molar refractivity (Wildman–Crippen MR) is 130 cm³/mol. The molecule has 2 atom stereocenters. The van der Waals surface area contributed by atoms with Gasteiger partial charge in [-0.2, -0.15) is 0 Å². The highest BCUT2D eigenvalue weighted by atomic mass is 19.2. The van der Waals surface area contributed by atoms with E-state index < -0.39 is 35.3 Å². The lowest BCUT2D eigenvalue weighted by Gasteiger charge is -2.44. The molecule has 1 aliphatic heterocycles. The minimum atomic E-state index is -1.05. The van der Waals surface area contributed by atoms with Gasteiger partial charge in [0.05, 0.1) is 31.5 Å². The van der Waals surface area contributed by atoms with E-state index in [1.54, 1.807) is 25.4 Å². The Kier molecular flexibility index (Phi) is 6.86. The van der Waals surface area contributed by atoms with Crippen LogP contribution in [0.2, 0.25) is 0 Å². The summed E-state index contributed by atoms with van der Waals surface area (Å²) in [6, 6.07) is 7.93. The summed E-state index contributed by atoms with van der Waals surface area (Å²) in [5, 5.41) is 10.6. The van der Waals surface area contributed by atoms with Crippen LogP contribution in [0.1, 0.15) is 43.8 Å². The van der Waals surface area contributed by atoms with Crippen LogP contribution in [0.5, 0.6) is 5.75 Å². The number of aryl methyl sites for hydroxylation is 1. The predicted octanol–water partition coefficient (Wildman–Crippen LogP) is 4.57. The van der Waals surface area contributed by atoms with Crippen molar-refractivity contribution in [3.8, 4) is 11.4 Å². The number of aliphatic hydroxyl groups excluding tert-OH is 1. The van der Waals surface area contributed by atoms with Crippen molar-refractivity contribution in [1.29, 1.82) is 0 Å². The molecule has 1 fully saturated rings. The third-order valence-electron chi connectivity index (χ3n) is 6.07. The number of rotatable bonds is 6. The quantitative estimate of drug-likeness (QED) is 0.505. The molecular formula is C27H29F2N3O4. The van der Waals surface area contributed by atoms with Crippen LogP contribution >= 0.6 is 0 Å². The molecule has 1 amide bonds. The third kappa shape index (κ3) is 4.97. The zero-order valence-corrected chi connectivity index (χ0v) is 20.8. The van der Waals surface area contributed by atoms with Gasteiger partial charge in [0.1, 0.15) is 17.2 Å². The monoisotopic (exact) mass is 497 g/mol. The number of aromatic nitrogens is 2. The fraction of sp³-hybridized carbons (Fsp3) is 0.333. The van der Waals surface area contributed by atoms with E-state index in [-0.39, 0.29) is 17.9 Å². The number of amides is 1. The zero-order chi connectivity index (χ0) is 26.2. The first-order chi connectivity index (χ1) is 17.0. The van der Waals surface area contributed by atoms with Crippen LogP contribution in [-0.4, -0.2) is 50.8 Å². The average Bonchev–Trinajstić information content (AvgIpc) is 3.24. The van der Waals surface area contributed by atoms with E-state index in [2.05, 4.69) is 4.98 Å². The smallest absolute Gasteiger partial charge is 0.289 e. The van der Waals surface area contributed by atoms with Gasteiger partial charge in [-0.3, -0.25) is 4.79 Å². The maximum absolute atomic E-state index is 14.0. The van der Waals surface area contributed by atoms with Gasteiger partial charge in [-0.25, -0.2) is 13.8 Å². The molecule has 9 heteroatoms. The number of hydrogen-bond acceptors (Lipinski definition) is 5. The summed E-state index contributed by atoms with van der Waals surface area (Å²) in [7, 11) is 1.56. The van der Waals surface area contributed by atoms with E-state index in [0.717, 1.165) is 23.6 Å². The van der Waals surface area contributed by atoms with Crippen LogP contribution < -0.4 is 4.74 Å². The van der Waals surface area contributed by atoms with Gasteiger partial charge in [0.25, 0.3) is 5.91 Å². The van der Waals surface area contributed by atoms with Gasteiger partial charge >= 0.3 is 0 Å². The van der Waals surface area contributed by atoms with Gasteiger partial charge in [0, 0.05) is 12.4 Å². The van der Waals surface area contributed by atoms with Crippen molar-refractivity contribution in [2.45, 2.75) is 45.4 Å². The molecule has 0 spiro atoms. The van der Waals surface area contributed by atoms with Crippen molar-refractivity contribution in [3.63, 3.8) is 0 Å². The number of ether oxygens (including phenoxy) is 2. The van der Waals surface area contributed by atoms with Gasteiger partial charge in [0.15, 0.2) is 17.4 Å².